The lowest BCUT2D eigenvalue weighted by atomic mass is 10.2. The largest absolute Gasteiger partial charge is 0.465 e. The van der Waals surface area contributed by atoms with Gasteiger partial charge in [-0.25, -0.2) is 4.79 Å². The van der Waals surface area contributed by atoms with Crippen LogP contribution in [-0.4, -0.2) is 16.2 Å². The number of carbonyl (C=O) groups is 1. The molecule has 0 spiro atoms. The topological polar surface area (TPSA) is 53.4 Å². The number of benzene rings is 1. The highest BCUT2D eigenvalue weighted by molar-refractivity contribution is 5.85. The molecule has 1 aromatic carbocycles. The van der Waals surface area contributed by atoms with Crippen LogP contribution in [0.1, 0.15) is 11.1 Å². The number of amides is 1. The summed E-state index contributed by atoms with van der Waals surface area (Å²) in [7, 11) is 0. The van der Waals surface area contributed by atoms with Gasteiger partial charge in [0.25, 0.3) is 0 Å². The van der Waals surface area contributed by atoms with Gasteiger partial charge in [-0.05, 0) is 36.8 Å². The zero-order valence-electron chi connectivity index (χ0n) is 10.1. The summed E-state index contributed by atoms with van der Waals surface area (Å²) in [4.78, 5) is 16.5. The molecule has 1 heterocycles. The molecule has 0 atom stereocenters. The van der Waals surface area contributed by atoms with Gasteiger partial charge in [0, 0.05) is 18.1 Å². The van der Waals surface area contributed by atoms with Crippen molar-refractivity contribution in [3.05, 3.63) is 59.9 Å². The maximum absolute atomic E-state index is 11.3. The fourth-order valence-electron chi connectivity index (χ4n) is 1.66. The van der Waals surface area contributed by atoms with Crippen molar-refractivity contribution in [2.75, 3.05) is 4.90 Å². The fraction of sp³-hybridized carbons (Fsp3) is 0.143. The minimum atomic E-state index is -0.962. The summed E-state index contributed by atoms with van der Waals surface area (Å²) in [5.41, 5.74) is 2.69. The van der Waals surface area contributed by atoms with Crippen LogP contribution in [0.25, 0.3) is 0 Å². The third kappa shape index (κ3) is 2.85. The van der Waals surface area contributed by atoms with Gasteiger partial charge in [0.15, 0.2) is 0 Å². The average molecular weight is 242 g/mol. The Morgan fingerprint density at radius 1 is 1.17 bits per heavy atom. The van der Waals surface area contributed by atoms with Crippen LogP contribution in [0.2, 0.25) is 0 Å². The van der Waals surface area contributed by atoms with E-state index >= 15 is 0 Å². The van der Waals surface area contributed by atoms with Crippen molar-refractivity contribution in [1.29, 1.82) is 0 Å². The third-order valence-electron chi connectivity index (χ3n) is 2.67. The molecular weight excluding hydrogens is 228 g/mol. The van der Waals surface area contributed by atoms with Gasteiger partial charge in [0.05, 0.1) is 6.54 Å². The first-order valence-corrected chi connectivity index (χ1v) is 5.63. The van der Waals surface area contributed by atoms with Gasteiger partial charge in [0.1, 0.15) is 0 Å². The van der Waals surface area contributed by atoms with E-state index in [0.717, 1.165) is 11.1 Å². The lowest BCUT2D eigenvalue weighted by molar-refractivity contribution is 0.201. The number of hydrogen-bond donors (Lipinski definition) is 1. The summed E-state index contributed by atoms with van der Waals surface area (Å²) in [5.74, 6) is 0. The molecule has 18 heavy (non-hydrogen) atoms. The zero-order chi connectivity index (χ0) is 13.0. The molecule has 0 unspecified atom stereocenters. The molecule has 0 radical (unpaired) electrons. The van der Waals surface area contributed by atoms with Crippen molar-refractivity contribution in [3.8, 4) is 0 Å². The lowest BCUT2D eigenvalue weighted by Gasteiger charge is -2.19. The zero-order valence-corrected chi connectivity index (χ0v) is 10.1. The van der Waals surface area contributed by atoms with Crippen LogP contribution in [0.4, 0.5) is 10.5 Å². The Morgan fingerprint density at radius 2 is 1.78 bits per heavy atom. The highest BCUT2D eigenvalue weighted by Crippen LogP contribution is 2.18. The SMILES string of the molecule is Cc1ccc(N(Cc2ccncc2)C(=O)O)cc1. The van der Waals surface area contributed by atoms with Gasteiger partial charge in [-0.15, -0.1) is 0 Å². The van der Waals surface area contributed by atoms with Crippen LogP contribution in [0, 0.1) is 6.92 Å². The van der Waals surface area contributed by atoms with Gasteiger partial charge < -0.3 is 5.11 Å². The summed E-state index contributed by atoms with van der Waals surface area (Å²) >= 11 is 0. The maximum Gasteiger partial charge on any atom is 0.412 e. The van der Waals surface area contributed by atoms with Crippen LogP contribution < -0.4 is 4.90 Å². The van der Waals surface area contributed by atoms with Crippen molar-refractivity contribution in [3.63, 3.8) is 0 Å². The number of hydrogen-bond acceptors (Lipinski definition) is 2. The Morgan fingerprint density at radius 3 is 2.33 bits per heavy atom. The number of pyridine rings is 1. The predicted molar refractivity (Wildman–Crippen MR) is 69.6 cm³/mol. The Labute approximate surface area is 106 Å². The molecule has 0 bridgehead atoms. The molecule has 1 amide bonds. The highest BCUT2D eigenvalue weighted by atomic mass is 16.4. The van der Waals surface area contributed by atoms with Crippen LogP contribution >= 0.6 is 0 Å². The molecule has 1 N–H and O–H groups in total. The van der Waals surface area contributed by atoms with E-state index in [1.165, 1.54) is 4.90 Å². The van der Waals surface area contributed by atoms with Crippen molar-refractivity contribution in [2.45, 2.75) is 13.5 Å². The van der Waals surface area contributed by atoms with Crippen LogP contribution in [0.15, 0.2) is 48.8 Å². The smallest absolute Gasteiger partial charge is 0.412 e. The van der Waals surface area contributed by atoms with E-state index in [2.05, 4.69) is 4.98 Å². The molecule has 0 aliphatic rings. The number of rotatable bonds is 3. The number of aryl methyl sites for hydroxylation is 1. The summed E-state index contributed by atoms with van der Waals surface area (Å²) in [6, 6.07) is 11.0. The van der Waals surface area contributed by atoms with Gasteiger partial charge in [-0.3, -0.25) is 9.88 Å². The van der Waals surface area contributed by atoms with Gasteiger partial charge in [-0.1, -0.05) is 17.7 Å². The molecule has 0 aliphatic carbocycles. The monoisotopic (exact) mass is 242 g/mol. The quantitative estimate of drug-likeness (QED) is 0.899. The molecule has 0 saturated heterocycles. The van der Waals surface area contributed by atoms with Crippen LogP contribution in [-0.2, 0) is 6.54 Å². The first-order valence-electron chi connectivity index (χ1n) is 5.63. The first-order chi connectivity index (χ1) is 8.66. The minimum Gasteiger partial charge on any atom is -0.465 e. The van der Waals surface area contributed by atoms with E-state index in [1.54, 1.807) is 12.4 Å². The number of anilines is 1. The van der Waals surface area contributed by atoms with E-state index in [0.29, 0.717) is 12.2 Å². The van der Waals surface area contributed by atoms with Crippen molar-refractivity contribution >= 4 is 11.8 Å². The predicted octanol–water partition coefficient (Wildman–Crippen LogP) is 3.07. The molecule has 1 aromatic heterocycles. The molecule has 4 heteroatoms. The molecule has 0 saturated carbocycles. The van der Waals surface area contributed by atoms with Gasteiger partial charge in [0.2, 0.25) is 0 Å². The molecule has 0 fully saturated rings. The van der Waals surface area contributed by atoms with E-state index in [1.807, 2.05) is 43.3 Å². The van der Waals surface area contributed by atoms with Crippen molar-refractivity contribution in [1.82, 2.24) is 4.98 Å². The van der Waals surface area contributed by atoms with E-state index < -0.39 is 6.09 Å². The summed E-state index contributed by atoms with van der Waals surface area (Å²) in [5, 5.41) is 9.27. The van der Waals surface area contributed by atoms with E-state index in [-0.39, 0.29) is 0 Å². The Bertz CT molecular complexity index is 523. The number of aromatic nitrogens is 1. The third-order valence-corrected chi connectivity index (χ3v) is 2.67. The van der Waals surface area contributed by atoms with Crippen LogP contribution in [0.3, 0.4) is 0 Å². The van der Waals surface area contributed by atoms with Gasteiger partial charge in [-0.2, -0.15) is 0 Å². The highest BCUT2D eigenvalue weighted by Gasteiger charge is 2.14. The second-order valence-electron chi connectivity index (χ2n) is 4.06. The Hall–Kier alpha value is -2.36. The molecule has 0 aliphatic heterocycles. The number of nitrogens with zero attached hydrogens (tertiary/aromatic N) is 2. The summed E-state index contributed by atoms with van der Waals surface area (Å²) in [6.45, 7) is 2.29. The molecule has 4 nitrogen and oxygen atoms in total. The van der Waals surface area contributed by atoms with Crippen LogP contribution in [0.5, 0.6) is 0 Å². The van der Waals surface area contributed by atoms with Crippen molar-refractivity contribution in [2.24, 2.45) is 0 Å². The van der Waals surface area contributed by atoms with Crippen molar-refractivity contribution < 1.29 is 9.90 Å². The second-order valence-corrected chi connectivity index (χ2v) is 4.06. The lowest BCUT2D eigenvalue weighted by Crippen LogP contribution is -2.28. The normalized spacial score (nSPS) is 10.1. The molecule has 2 aromatic rings. The fourth-order valence-corrected chi connectivity index (χ4v) is 1.66. The number of carboxylic acid groups (broad SMARTS) is 1. The maximum atomic E-state index is 11.3. The standard InChI is InChI=1S/C14H14N2O2/c1-11-2-4-13(5-3-11)16(14(17)18)10-12-6-8-15-9-7-12/h2-9H,10H2,1H3,(H,17,18). The van der Waals surface area contributed by atoms with E-state index in [9.17, 15) is 9.90 Å². The molecular formula is C14H14N2O2. The average Bonchev–Trinajstić information content (AvgIpc) is 2.38. The van der Waals surface area contributed by atoms with E-state index in [4.69, 9.17) is 0 Å². The molecule has 92 valence electrons. The second kappa shape index (κ2) is 5.31. The Kier molecular flexibility index (Phi) is 3.57. The Balaban J connectivity index is 2.24. The summed E-state index contributed by atoms with van der Waals surface area (Å²) < 4.78 is 0. The molecule has 2 rings (SSSR count). The summed E-state index contributed by atoms with van der Waals surface area (Å²) in [6.07, 6.45) is 2.35. The van der Waals surface area contributed by atoms with Gasteiger partial charge >= 0.3 is 6.09 Å². The first kappa shape index (κ1) is 12.1. The minimum absolute atomic E-state index is 0.320.